The highest BCUT2D eigenvalue weighted by Gasteiger charge is 2.30. The maximum Gasteiger partial charge on any atom is 0.277 e. The lowest BCUT2D eigenvalue weighted by molar-refractivity contribution is 0.342. The quantitative estimate of drug-likeness (QED) is 0.696. The Labute approximate surface area is 73.9 Å². The lowest BCUT2D eigenvalue weighted by atomic mass is 10.3. The number of nitrogens with zero attached hydrogens (tertiary/aromatic N) is 1. The Hall–Kier alpha value is -0.130. The van der Waals surface area contributed by atoms with E-state index in [-0.39, 0.29) is 6.04 Å². The first-order chi connectivity index (χ1) is 5.41. The van der Waals surface area contributed by atoms with Gasteiger partial charge in [-0.2, -0.15) is 12.7 Å². The molecule has 0 spiro atoms. The second-order valence-corrected chi connectivity index (χ2v) is 5.15. The summed E-state index contributed by atoms with van der Waals surface area (Å²) in [7, 11) is -3.49. The van der Waals surface area contributed by atoms with E-state index in [4.69, 9.17) is 5.14 Å². The average molecular weight is 192 g/mol. The summed E-state index contributed by atoms with van der Waals surface area (Å²) >= 11 is 0. The molecule has 0 heterocycles. The van der Waals surface area contributed by atoms with Crippen LogP contribution in [0.1, 0.15) is 26.7 Å². The first kappa shape index (κ1) is 9.95. The summed E-state index contributed by atoms with van der Waals surface area (Å²) in [6.07, 6.45) is 2.28. The monoisotopic (exact) mass is 192 g/mol. The highest BCUT2D eigenvalue weighted by molar-refractivity contribution is 7.86. The van der Waals surface area contributed by atoms with E-state index in [1.54, 1.807) is 0 Å². The normalized spacial score (nSPS) is 19.1. The molecule has 5 heteroatoms. The van der Waals surface area contributed by atoms with Crippen molar-refractivity contribution < 1.29 is 8.42 Å². The Morgan fingerprint density at radius 3 is 2.25 bits per heavy atom. The molecule has 0 atom stereocenters. The van der Waals surface area contributed by atoms with Crippen molar-refractivity contribution in [1.82, 2.24) is 4.31 Å². The van der Waals surface area contributed by atoms with Crippen LogP contribution in [-0.4, -0.2) is 25.3 Å². The molecule has 0 radical (unpaired) electrons. The second kappa shape index (κ2) is 3.32. The third-order valence-corrected chi connectivity index (χ3v) is 3.26. The van der Waals surface area contributed by atoms with Gasteiger partial charge >= 0.3 is 0 Å². The van der Waals surface area contributed by atoms with E-state index in [1.165, 1.54) is 4.31 Å². The van der Waals surface area contributed by atoms with E-state index in [2.05, 4.69) is 0 Å². The number of hydrogen-bond acceptors (Lipinski definition) is 2. The summed E-state index contributed by atoms with van der Waals surface area (Å²) in [5, 5.41) is 5.05. The van der Waals surface area contributed by atoms with Crippen molar-refractivity contribution in [3.8, 4) is 0 Å². The summed E-state index contributed by atoms with van der Waals surface area (Å²) in [5.74, 6) is 0.547. The largest absolute Gasteiger partial charge is 0.277 e. The Kier molecular flexibility index (Phi) is 2.75. The Morgan fingerprint density at radius 2 is 2.00 bits per heavy atom. The summed E-state index contributed by atoms with van der Waals surface area (Å²) in [5.41, 5.74) is 0. The van der Waals surface area contributed by atoms with Gasteiger partial charge in [-0.25, -0.2) is 5.14 Å². The molecular formula is C7H16N2O2S. The highest BCUT2D eigenvalue weighted by atomic mass is 32.2. The van der Waals surface area contributed by atoms with Crippen molar-refractivity contribution in [2.75, 3.05) is 6.54 Å². The van der Waals surface area contributed by atoms with Gasteiger partial charge in [-0.3, -0.25) is 0 Å². The topological polar surface area (TPSA) is 63.4 Å². The van der Waals surface area contributed by atoms with Gasteiger partial charge in [0.25, 0.3) is 10.2 Å². The van der Waals surface area contributed by atoms with Crippen LogP contribution in [0.2, 0.25) is 0 Å². The molecule has 1 aliphatic carbocycles. The summed E-state index contributed by atoms with van der Waals surface area (Å²) in [6.45, 7) is 4.27. The maximum atomic E-state index is 11.0. The van der Waals surface area contributed by atoms with Gasteiger partial charge in [0.1, 0.15) is 0 Å². The van der Waals surface area contributed by atoms with Gasteiger partial charge in [-0.15, -0.1) is 0 Å². The molecule has 0 aromatic rings. The fourth-order valence-electron chi connectivity index (χ4n) is 1.16. The molecule has 0 aliphatic heterocycles. The average Bonchev–Trinajstić information content (AvgIpc) is 2.61. The molecule has 0 aromatic heterocycles. The van der Waals surface area contributed by atoms with E-state index < -0.39 is 10.2 Å². The lowest BCUT2D eigenvalue weighted by Gasteiger charge is -2.22. The standard InChI is InChI=1S/C7H16N2O2S/c1-6(2)9(12(8,10)11)5-7-3-4-7/h6-7H,3-5H2,1-2H3,(H2,8,10,11). The van der Waals surface area contributed by atoms with Crippen LogP contribution in [-0.2, 0) is 10.2 Å². The number of hydrogen-bond donors (Lipinski definition) is 1. The Balaban J connectivity index is 2.60. The first-order valence-electron chi connectivity index (χ1n) is 4.21. The first-order valence-corrected chi connectivity index (χ1v) is 5.71. The van der Waals surface area contributed by atoms with Crippen molar-refractivity contribution in [3.05, 3.63) is 0 Å². The van der Waals surface area contributed by atoms with Gasteiger partial charge in [0.2, 0.25) is 0 Å². The van der Waals surface area contributed by atoms with Gasteiger partial charge in [-0.1, -0.05) is 0 Å². The van der Waals surface area contributed by atoms with Crippen LogP contribution in [0.3, 0.4) is 0 Å². The molecule has 1 aliphatic rings. The Bertz CT molecular complexity index is 244. The van der Waals surface area contributed by atoms with Gasteiger partial charge in [-0.05, 0) is 32.6 Å². The summed E-state index contributed by atoms with van der Waals surface area (Å²) < 4.78 is 23.4. The van der Waals surface area contributed by atoms with Gasteiger partial charge in [0.05, 0.1) is 0 Å². The smallest absolute Gasteiger partial charge is 0.216 e. The molecule has 72 valence electrons. The molecule has 12 heavy (non-hydrogen) atoms. The van der Waals surface area contributed by atoms with E-state index in [0.717, 1.165) is 12.8 Å². The zero-order valence-electron chi connectivity index (χ0n) is 7.53. The van der Waals surface area contributed by atoms with Crippen LogP contribution in [0.15, 0.2) is 0 Å². The van der Waals surface area contributed by atoms with Gasteiger partial charge in [0.15, 0.2) is 0 Å². The predicted octanol–water partition coefficient (Wildman–Crippen LogP) is 0.310. The van der Waals surface area contributed by atoms with Crippen LogP contribution in [0.25, 0.3) is 0 Å². The van der Waals surface area contributed by atoms with Gasteiger partial charge in [0, 0.05) is 12.6 Å². The minimum absolute atomic E-state index is 0.0272. The molecule has 0 bridgehead atoms. The Morgan fingerprint density at radius 1 is 1.50 bits per heavy atom. The minimum Gasteiger partial charge on any atom is -0.216 e. The third-order valence-electron chi connectivity index (χ3n) is 2.04. The predicted molar refractivity (Wildman–Crippen MR) is 47.7 cm³/mol. The fraction of sp³-hybridized carbons (Fsp3) is 1.00. The molecule has 1 rings (SSSR count). The van der Waals surface area contributed by atoms with Crippen molar-refractivity contribution >= 4 is 10.2 Å². The van der Waals surface area contributed by atoms with Crippen LogP contribution in [0.5, 0.6) is 0 Å². The molecular weight excluding hydrogens is 176 g/mol. The van der Waals surface area contributed by atoms with Crippen LogP contribution < -0.4 is 5.14 Å². The fourth-order valence-corrected chi connectivity index (χ4v) is 2.17. The van der Waals surface area contributed by atoms with Crippen LogP contribution in [0, 0.1) is 5.92 Å². The minimum atomic E-state index is -3.49. The zero-order valence-corrected chi connectivity index (χ0v) is 8.34. The van der Waals surface area contributed by atoms with Crippen molar-refractivity contribution in [2.24, 2.45) is 11.1 Å². The highest BCUT2D eigenvalue weighted by Crippen LogP contribution is 2.30. The molecule has 2 N–H and O–H groups in total. The molecule has 4 nitrogen and oxygen atoms in total. The molecule has 0 unspecified atom stereocenters. The van der Waals surface area contributed by atoms with E-state index in [9.17, 15) is 8.42 Å². The van der Waals surface area contributed by atoms with Crippen LogP contribution in [0.4, 0.5) is 0 Å². The molecule has 1 saturated carbocycles. The van der Waals surface area contributed by atoms with Crippen molar-refractivity contribution in [2.45, 2.75) is 32.7 Å². The van der Waals surface area contributed by atoms with E-state index in [1.807, 2.05) is 13.8 Å². The lowest BCUT2D eigenvalue weighted by Crippen LogP contribution is -2.42. The van der Waals surface area contributed by atoms with Crippen molar-refractivity contribution in [3.63, 3.8) is 0 Å². The van der Waals surface area contributed by atoms with Crippen molar-refractivity contribution in [1.29, 1.82) is 0 Å². The summed E-state index contributed by atoms with van der Waals surface area (Å²) in [6, 6.07) is -0.0272. The zero-order chi connectivity index (χ0) is 9.35. The SMILES string of the molecule is CC(C)N(CC1CC1)S(N)(=O)=O. The number of rotatable bonds is 4. The maximum absolute atomic E-state index is 11.0. The third kappa shape index (κ3) is 2.73. The van der Waals surface area contributed by atoms with Crippen LogP contribution >= 0.6 is 0 Å². The second-order valence-electron chi connectivity index (χ2n) is 3.65. The molecule has 0 amide bonds. The summed E-state index contributed by atoms with van der Waals surface area (Å²) in [4.78, 5) is 0. The molecule has 0 aromatic carbocycles. The van der Waals surface area contributed by atoms with E-state index in [0.29, 0.717) is 12.5 Å². The molecule has 0 saturated heterocycles. The van der Waals surface area contributed by atoms with E-state index >= 15 is 0 Å². The molecule has 1 fully saturated rings. The number of nitrogens with two attached hydrogens (primary N) is 1. The van der Waals surface area contributed by atoms with Gasteiger partial charge < -0.3 is 0 Å².